The zero-order valence-electron chi connectivity index (χ0n) is 10.9. The molecule has 0 aliphatic rings. The van der Waals surface area contributed by atoms with E-state index in [2.05, 4.69) is 5.32 Å². The van der Waals surface area contributed by atoms with Crippen molar-refractivity contribution in [2.45, 2.75) is 6.92 Å². The molecular weight excluding hydrogens is 257 g/mol. The van der Waals surface area contributed by atoms with Gasteiger partial charge in [0.25, 0.3) is 5.91 Å². The molecule has 2 aromatic carbocycles. The number of hydrogen-bond donors (Lipinski definition) is 1. The van der Waals surface area contributed by atoms with Crippen LogP contribution in [0, 0.1) is 6.92 Å². The first-order chi connectivity index (χ1) is 9.13. The number of nitrogens with one attached hydrogen (secondary N) is 1. The van der Waals surface area contributed by atoms with Gasteiger partial charge in [0.2, 0.25) is 0 Å². The second kappa shape index (κ2) is 5.85. The van der Waals surface area contributed by atoms with E-state index in [-0.39, 0.29) is 5.91 Å². The molecule has 19 heavy (non-hydrogen) atoms. The SMILES string of the molecule is CNC(=O)c1ccc(C)cc1[PH](=O)c1ccccc1. The van der Waals surface area contributed by atoms with Crippen LogP contribution in [0.25, 0.3) is 0 Å². The zero-order valence-corrected chi connectivity index (χ0v) is 11.9. The molecule has 1 amide bonds. The largest absolute Gasteiger partial charge is 0.355 e. The maximum absolute atomic E-state index is 12.6. The molecule has 0 saturated heterocycles. The molecule has 3 nitrogen and oxygen atoms in total. The smallest absolute Gasteiger partial charge is 0.251 e. The van der Waals surface area contributed by atoms with Gasteiger partial charge in [0, 0.05) is 17.7 Å². The average Bonchev–Trinajstić information content (AvgIpc) is 2.46. The minimum Gasteiger partial charge on any atom is -0.355 e. The lowest BCUT2D eigenvalue weighted by Crippen LogP contribution is -2.25. The van der Waals surface area contributed by atoms with Crippen LogP contribution in [0.1, 0.15) is 15.9 Å². The highest BCUT2D eigenvalue weighted by molar-refractivity contribution is 7.61. The fourth-order valence-electron chi connectivity index (χ4n) is 1.92. The van der Waals surface area contributed by atoms with Crippen LogP contribution < -0.4 is 15.9 Å². The normalized spacial score (nSPS) is 11.9. The first-order valence-corrected chi connectivity index (χ1v) is 7.47. The molecular formula is C15H16NO2P. The van der Waals surface area contributed by atoms with E-state index in [1.807, 2.05) is 49.4 Å². The second-order valence-electron chi connectivity index (χ2n) is 4.32. The molecule has 98 valence electrons. The van der Waals surface area contributed by atoms with Gasteiger partial charge < -0.3 is 9.88 Å². The average molecular weight is 273 g/mol. The molecule has 2 rings (SSSR count). The van der Waals surface area contributed by atoms with Gasteiger partial charge in [0.15, 0.2) is 0 Å². The number of rotatable bonds is 3. The standard InChI is InChI=1S/C15H16NO2P/c1-11-8-9-13(15(17)16-2)14(10-11)19(18)12-6-4-3-5-7-12/h3-10,19H,1-2H3,(H,16,17). The molecule has 0 aliphatic heterocycles. The summed E-state index contributed by atoms with van der Waals surface area (Å²) in [5, 5.41) is 3.97. The Morgan fingerprint density at radius 1 is 1.11 bits per heavy atom. The Labute approximate surface area is 113 Å². The predicted octanol–water partition coefficient (Wildman–Crippen LogP) is 1.87. The molecule has 0 aromatic heterocycles. The Hall–Kier alpha value is -1.86. The van der Waals surface area contributed by atoms with Crippen molar-refractivity contribution in [1.82, 2.24) is 5.32 Å². The van der Waals surface area contributed by atoms with E-state index in [1.54, 1.807) is 13.1 Å². The molecule has 0 aliphatic carbocycles. The molecule has 4 heteroatoms. The molecule has 1 unspecified atom stereocenters. The first kappa shape index (κ1) is 13.6. The van der Waals surface area contributed by atoms with Gasteiger partial charge >= 0.3 is 0 Å². The Morgan fingerprint density at radius 2 is 1.79 bits per heavy atom. The number of carbonyl (C=O) groups is 1. The number of hydrogen-bond acceptors (Lipinski definition) is 2. The van der Waals surface area contributed by atoms with Gasteiger partial charge in [-0.3, -0.25) is 4.79 Å². The minimum atomic E-state index is -2.16. The van der Waals surface area contributed by atoms with Gasteiger partial charge in [0.05, 0.1) is 5.56 Å². The number of amides is 1. The highest BCUT2D eigenvalue weighted by atomic mass is 31.1. The van der Waals surface area contributed by atoms with E-state index in [9.17, 15) is 9.36 Å². The fourth-order valence-corrected chi connectivity index (χ4v) is 3.53. The summed E-state index contributed by atoms with van der Waals surface area (Å²) in [5.41, 5.74) is 1.48. The van der Waals surface area contributed by atoms with Crippen molar-refractivity contribution in [2.75, 3.05) is 7.05 Å². The van der Waals surface area contributed by atoms with E-state index in [4.69, 9.17) is 0 Å². The van der Waals surface area contributed by atoms with Gasteiger partial charge in [-0.25, -0.2) is 0 Å². The van der Waals surface area contributed by atoms with Gasteiger partial charge in [-0.05, 0) is 19.1 Å². The van der Waals surface area contributed by atoms with E-state index in [0.29, 0.717) is 10.9 Å². The number of aryl methyl sites for hydroxylation is 1. The predicted molar refractivity (Wildman–Crippen MR) is 79.3 cm³/mol. The Morgan fingerprint density at radius 3 is 2.42 bits per heavy atom. The summed E-state index contributed by atoms with van der Waals surface area (Å²) < 4.78 is 12.6. The van der Waals surface area contributed by atoms with Crippen molar-refractivity contribution in [3.63, 3.8) is 0 Å². The topological polar surface area (TPSA) is 46.2 Å². The summed E-state index contributed by atoms with van der Waals surface area (Å²) in [4.78, 5) is 11.8. The van der Waals surface area contributed by atoms with Crippen LogP contribution in [0.5, 0.6) is 0 Å². The maximum atomic E-state index is 12.6. The minimum absolute atomic E-state index is 0.204. The monoisotopic (exact) mass is 273 g/mol. The summed E-state index contributed by atoms with van der Waals surface area (Å²) >= 11 is 0. The lowest BCUT2D eigenvalue weighted by Gasteiger charge is -2.10. The molecule has 0 spiro atoms. The number of carbonyl (C=O) groups excluding carboxylic acids is 1. The second-order valence-corrected chi connectivity index (χ2v) is 6.10. The summed E-state index contributed by atoms with van der Waals surface area (Å²) in [6.07, 6.45) is 0. The summed E-state index contributed by atoms with van der Waals surface area (Å²) in [5.74, 6) is -0.204. The van der Waals surface area contributed by atoms with Crippen LogP contribution in [0.4, 0.5) is 0 Å². The van der Waals surface area contributed by atoms with E-state index in [1.165, 1.54) is 0 Å². The Balaban J connectivity index is 2.52. The molecule has 1 N–H and O–H groups in total. The molecule has 0 saturated carbocycles. The van der Waals surface area contributed by atoms with Crippen molar-refractivity contribution in [2.24, 2.45) is 0 Å². The lowest BCUT2D eigenvalue weighted by molar-refractivity contribution is 0.0964. The van der Waals surface area contributed by atoms with Crippen molar-refractivity contribution < 1.29 is 9.36 Å². The van der Waals surface area contributed by atoms with Crippen LogP contribution in [0.2, 0.25) is 0 Å². The van der Waals surface area contributed by atoms with Crippen LogP contribution >= 0.6 is 7.80 Å². The third-order valence-electron chi connectivity index (χ3n) is 2.93. The van der Waals surface area contributed by atoms with Crippen LogP contribution in [-0.2, 0) is 4.57 Å². The zero-order chi connectivity index (χ0) is 13.8. The van der Waals surface area contributed by atoms with Crippen molar-refractivity contribution in [3.05, 3.63) is 59.7 Å². The highest BCUT2D eigenvalue weighted by Gasteiger charge is 2.16. The Bertz CT molecular complexity index is 623. The summed E-state index contributed by atoms with van der Waals surface area (Å²) in [6.45, 7) is 1.93. The summed E-state index contributed by atoms with van der Waals surface area (Å²) in [6, 6.07) is 14.7. The van der Waals surface area contributed by atoms with Crippen LogP contribution in [0.3, 0.4) is 0 Å². The fraction of sp³-hybridized carbons (Fsp3) is 0.133. The molecule has 0 bridgehead atoms. The quantitative estimate of drug-likeness (QED) is 0.868. The molecule has 2 aromatic rings. The van der Waals surface area contributed by atoms with Crippen molar-refractivity contribution in [1.29, 1.82) is 0 Å². The van der Waals surface area contributed by atoms with Crippen molar-refractivity contribution >= 4 is 24.3 Å². The Kier molecular flexibility index (Phi) is 4.18. The molecule has 0 fully saturated rings. The third-order valence-corrected chi connectivity index (χ3v) is 4.69. The van der Waals surface area contributed by atoms with Gasteiger partial charge in [-0.15, -0.1) is 0 Å². The van der Waals surface area contributed by atoms with Crippen LogP contribution in [0.15, 0.2) is 48.5 Å². The van der Waals surface area contributed by atoms with E-state index in [0.717, 1.165) is 10.9 Å². The first-order valence-electron chi connectivity index (χ1n) is 6.06. The maximum Gasteiger partial charge on any atom is 0.251 e. The highest BCUT2D eigenvalue weighted by Crippen LogP contribution is 2.22. The third kappa shape index (κ3) is 2.94. The van der Waals surface area contributed by atoms with E-state index < -0.39 is 7.80 Å². The van der Waals surface area contributed by atoms with Gasteiger partial charge in [-0.2, -0.15) is 0 Å². The molecule has 0 radical (unpaired) electrons. The van der Waals surface area contributed by atoms with Crippen LogP contribution in [-0.4, -0.2) is 13.0 Å². The lowest BCUT2D eigenvalue weighted by atomic mass is 10.1. The van der Waals surface area contributed by atoms with Crippen molar-refractivity contribution in [3.8, 4) is 0 Å². The van der Waals surface area contributed by atoms with Gasteiger partial charge in [-0.1, -0.05) is 42.0 Å². The number of benzene rings is 2. The van der Waals surface area contributed by atoms with Gasteiger partial charge in [0.1, 0.15) is 7.80 Å². The summed E-state index contributed by atoms with van der Waals surface area (Å²) in [7, 11) is -0.587. The molecule has 1 atom stereocenters. The molecule has 0 heterocycles. The van der Waals surface area contributed by atoms with E-state index >= 15 is 0 Å².